The molecular formula is C21H18FN5O3. The van der Waals surface area contributed by atoms with Crippen molar-refractivity contribution in [2.45, 2.75) is 13.1 Å². The summed E-state index contributed by atoms with van der Waals surface area (Å²) in [6, 6.07) is 10.8. The largest absolute Gasteiger partial charge is 0.490 e. The van der Waals surface area contributed by atoms with Crippen molar-refractivity contribution in [3.63, 3.8) is 0 Å². The fraction of sp³-hybridized carbons (Fsp3) is 0.143. The highest BCUT2D eigenvalue weighted by Crippen LogP contribution is 2.23. The minimum atomic E-state index is -0.537. The SMILES string of the molecule is O=C(Cn1cnc2ccc(F)cc2c1=O)Nc1ccccc1OCCn1ccnc1. The fourth-order valence-electron chi connectivity index (χ4n) is 2.96. The second kappa shape index (κ2) is 8.56. The molecule has 0 spiro atoms. The molecule has 152 valence electrons. The number of hydrogen-bond donors (Lipinski definition) is 1. The van der Waals surface area contributed by atoms with E-state index in [1.165, 1.54) is 18.5 Å². The molecule has 0 atom stereocenters. The summed E-state index contributed by atoms with van der Waals surface area (Å²) in [6.45, 7) is 0.738. The molecule has 1 N–H and O–H groups in total. The van der Waals surface area contributed by atoms with Gasteiger partial charge in [0, 0.05) is 12.4 Å². The Labute approximate surface area is 170 Å². The minimum Gasteiger partial charge on any atom is -0.490 e. The Morgan fingerprint density at radius 1 is 1.17 bits per heavy atom. The molecule has 4 rings (SSSR count). The van der Waals surface area contributed by atoms with Crippen molar-refractivity contribution in [1.29, 1.82) is 0 Å². The van der Waals surface area contributed by atoms with Gasteiger partial charge in [-0.25, -0.2) is 14.4 Å². The first kappa shape index (κ1) is 19.3. The summed E-state index contributed by atoms with van der Waals surface area (Å²) in [6.07, 6.45) is 6.48. The quantitative estimate of drug-likeness (QED) is 0.508. The van der Waals surface area contributed by atoms with E-state index in [4.69, 9.17) is 4.74 Å². The molecule has 0 unspecified atom stereocenters. The molecule has 0 fully saturated rings. The Morgan fingerprint density at radius 2 is 2.03 bits per heavy atom. The number of nitrogens with zero attached hydrogens (tertiary/aromatic N) is 4. The molecule has 2 heterocycles. The lowest BCUT2D eigenvalue weighted by Crippen LogP contribution is -2.28. The smallest absolute Gasteiger partial charge is 0.261 e. The monoisotopic (exact) mass is 407 g/mol. The number of ether oxygens (including phenoxy) is 1. The van der Waals surface area contributed by atoms with Crippen molar-refractivity contribution in [1.82, 2.24) is 19.1 Å². The van der Waals surface area contributed by atoms with Crippen molar-refractivity contribution in [3.05, 3.63) is 83.7 Å². The Morgan fingerprint density at radius 3 is 2.87 bits per heavy atom. The molecule has 0 radical (unpaired) electrons. The average Bonchev–Trinajstić information content (AvgIpc) is 3.25. The van der Waals surface area contributed by atoms with Crippen LogP contribution in [0.1, 0.15) is 0 Å². The maximum absolute atomic E-state index is 13.5. The molecule has 1 amide bonds. The first-order valence-corrected chi connectivity index (χ1v) is 9.22. The Kier molecular flexibility index (Phi) is 5.51. The van der Waals surface area contributed by atoms with Gasteiger partial charge in [0.05, 0.1) is 35.8 Å². The number of carbonyl (C=O) groups is 1. The zero-order chi connectivity index (χ0) is 20.9. The highest BCUT2D eigenvalue weighted by atomic mass is 19.1. The van der Waals surface area contributed by atoms with Crippen LogP contribution in [0.3, 0.4) is 0 Å². The van der Waals surface area contributed by atoms with E-state index in [1.54, 1.807) is 36.8 Å². The summed E-state index contributed by atoms with van der Waals surface area (Å²) in [7, 11) is 0. The summed E-state index contributed by atoms with van der Waals surface area (Å²) >= 11 is 0. The number of fused-ring (bicyclic) bond motifs is 1. The number of imidazole rings is 1. The first-order chi connectivity index (χ1) is 14.6. The predicted molar refractivity (Wildman–Crippen MR) is 109 cm³/mol. The molecule has 0 saturated carbocycles. The number of amides is 1. The summed E-state index contributed by atoms with van der Waals surface area (Å²) < 4.78 is 22.2. The molecule has 4 aromatic rings. The van der Waals surface area contributed by atoms with E-state index in [1.807, 2.05) is 10.8 Å². The fourth-order valence-corrected chi connectivity index (χ4v) is 2.96. The summed E-state index contributed by atoms with van der Waals surface area (Å²) in [5.41, 5.74) is 0.371. The van der Waals surface area contributed by atoms with Crippen molar-refractivity contribution in [2.24, 2.45) is 0 Å². The molecule has 0 aliphatic rings. The summed E-state index contributed by atoms with van der Waals surface area (Å²) in [5.74, 6) is -0.456. The van der Waals surface area contributed by atoms with Gasteiger partial charge in [0.15, 0.2) is 0 Å². The second-order valence-electron chi connectivity index (χ2n) is 6.53. The number of halogens is 1. The van der Waals surface area contributed by atoms with Crippen LogP contribution in [-0.4, -0.2) is 31.6 Å². The number of nitrogens with one attached hydrogen (secondary N) is 1. The first-order valence-electron chi connectivity index (χ1n) is 9.22. The third-order valence-corrected chi connectivity index (χ3v) is 4.43. The number of para-hydroxylation sites is 2. The van der Waals surface area contributed by atoms with Crippen LogP contribution in [-0.2, 0) is 17.9 Å². The molecule has 0 aliphatic carbocycles. The number of aromatic nitrogens is 4. The standard InChI is InChI=1S/C21H18FN5O3/c22-15-5-6-17-16(11-15)21(29)27(14-24-17)12-20(28)25-18-3-1-2-4-19(18)30-10-9-26-8-7-23-13-26/h1-8,11,13-14H,9-10,12H2,(H,25,28). The van der Waals surface area contributed by atoms with E-state index in [0.717, 1.165) is 10.6 Å². The lowest BCUT2D eigenvalue weighted by molar-refractivity contribution is -0.116. The molecule has 0 bridgehead atoms. The van der Waals surface area contributed by atoms with Crippen LogP contribution >= 0.6 is 0 Å². The van der Waals surface area contributed by atoms with E-state index < -0.39 is 17.3 Å². The number of anilines is 1. The van der Waals surface area contributed by atoms with Gasteiger partial charge in [-0.05, 0) is 30.3 Å². The van der Waals surface area contributed by atoms with E-state index >= 15 is 0 Å². The highest BCUT2D eigenvalue weighted by molar-refractivity contribution is 5.92. The Balaban J connectivity index is 1.45. The van der Waals surface area contributed by atoms with Crippen molar-refractivity contribution in [3.8, 4) is 5.75 Å². The van der Waals surface area contributed by atoms with E-state index in [2.05, 4.69) is 15.3 Å². The molecule has 9 heteroatoms. The van der Waals surface area contributed by atoms with Gasteiger partial charge in [-0.1, -0.05) is 12.1 Å². The lowest BCUT2D eigenvalue weighted by atomic mass is 10.2. The lowest BCUT2D eigenvalue weighted by Gasteiger charge is -2.13. The zero-order valence-electron chi connectivity index (χ0n) is 15.9. The summed E-state index contributed by atoms with van der Waals surface area (Å²) in [5, 5.41) is 2.86. The van der Waals surface area contributed by atoms with Gasteiger partial charge in [0.2, 0.25) is 5.91 Å². The van der Waals surface area contributed by atoms with Crippen molar-refractivity contribution in [2.75, 3.05) is 11.9 Å². The van der Waals surface area contributed by atoms with E-state index in [-0.39, 0.29) is 11.9 Å². The van der Waals surface area contributed by atoms with Crippen molar-refractivity contribution < 1.29 is 13.9 Å². The van der Waals surface area contributed by atoms with Crippen LogP contribution in [0.25, 0.3) is 10.9 Å². The van der Waals surface area contributed by atoms with Gasteiger partial charge in [0.1, 0.15) is 24.7 Å². The Hall–Kier alpha value is -4.01. The van der Waals surface area contributed by atoms with Gasteiger partial charge in [-0.15, -0.1) is 0 Å². The molecular weight excluding hydrogens is 389 g/mol. The number of hydrogen-bond acceptors (Lipinski definition) is 5. The van der Waals surface area contributed by atoms with Crippen molar-refractivity contribution >= 4 is 22.5 Å². The van der Waals surface area contributed by atoms with Gasteiger partial charge in [0.25, 0.3) is 5.56 Å². The predicted octanol–water partition coefficient (Wildman–Crippen LogP) is 2.45. The van der Waals surface area contributed by atoms with Crippen LogP contribution in [0.2, 0.25) is 0 Å². The van der Waals surface area contributed by atoms with Gasteiger partial charge < -0.3 is 14.6 Å². The molecule has 30 heavy (non-hydrogen) atoms. The van der Waals surface area contributed by atoms with Crippen LogP contribution in [0, 0.1) is 5.82 Å². The van der Waals surface area contributed by atoms with Crippen LogP contribution in [0.4, 0.5) is 10.1 Å². The van der Waals surface area contributed by atoms with Crippen LogP contribution < -0.4 is 15.6 Å². The number of benzene rings is 2. The molecule has 2 aromatic heterocycles. The maximum Gasteiger partial charge on any atom is 0.261 e. The van der Waals surface area contributed by atoms with Gasteiger partial charge in [-0.3, -0.25) is 14.2 Å². The van der Waals surface area contributed by atoms with Gasteiger partial charge in [-0.2, -0.15) is 0 Å². The van der Waals surface area contributed by atoms with Gasteiger partial charge >= 0.3 is 0 Å². The average molecular weight is 407 g/mol. The normalized spacial score (nSPS) is 10.8. The second-order valence-corrected chi connectivity index (χ2v) is 6.53. The van der Waals surface area contributed by atoms with E-state index in [0.29, 0.717) is 30.1 Å². The minimum absolute atomic E-state index is 0.119. The molecule has 2 aromatic carbocycles. The summed E-state index contributed by atoms with van der Waals surface area (Å²) in [4.78, 5) is 33.1. The third-order valence-electron chi connectivity index (χ3n) is 4.43. The molecule has 8 nitrogen and oxygen atoms in total. The zero-order valence-corrected chi connectivity index (χ0v) is 15.9. The Bertz CT molecular complexity index is 1240. The van der Waals surface area contributed by atoms with Crippen LogP contribution in [0.15, 0.2) is 72.3 Å². The number of rotatable bonds is 7. The van der Waals surface area contributed by atoms with Crippen LogP contribution in [0.5, 0.6) is 5.75 Å². The topological polar surface area (TPSA) is 91.0 Å². The highest BCUT2D eigenvalue weighted by Gasteiger charge is 2.11. The molecule has 0 aliphatic heterocycles. The third kappa shape index (κ3) is 4.35. The number of carbonyl (C=O) groups excluding carboxylic acids is 1. The van der Waals surface area contributed by atoms with E-state index in [9.17, 15) is 14.0 Å². The maximum atomic E-state index is 13.5. The molecule has 0 saturated heterocycles.